The molecular formula is C17H24N2S. The Hall–Kier alpha value is -1.32. The molecule has 0 atom stereocenters. The maximum Gasteiger partial charge on any atom is 0.0519 e. The van der Waals surface area contributed by atoms with Crippen LogP contribution in [0.3, 0.4) is 0 Å². The van der Waals surface area contributed by atoms with E-state index >= 15 is 0 Å². The number of thiophene rings is 1. The largest absolute Gasteiger partial charge is 0.369 e. The van der Waals surface area contributed by atoms with Gasteiger partial charge in [-0.15, -0.1) is 11.3 Å². The summed E-state index contributed by atoms with van der Waals surface area (Å²) in [6.07, 6.45) is 0. The summed E-state index contributed by atoms with van der Waals surface area (Å²) in [5.41, 5.74) is 2.75. The molecule has 1 aromatic heterocycles. The van der Waals surface area contributed by atoms with Gasteiger partial charge in [0.1, 0.15) is 0 Å². The first kappa shape index (κ1) is 15.1. The van der Waals surface area contributed by atoms with Crippen molar-refractivity contribution in [2.24, 2.45) is 0 Å². The Balaban J connectivity index is 1.93. The number of hydrogen-bond donors (Lipinski definition) is 1. The van der Waals surface area contributed by atoms with Gasteiger partial charge < -0.3 is 10.2 Å². The number of rotatable bonds is 5. The van der Waals surface area contributed by atoms with Crippen LogP contribution < -0.4 is 10.2 Å². The highest BCUT2D eigenvalue weighted by Gasteiger charge is 2.08. The predicted molar refractivity (Wildman–Crippen MR) is 89.5 cm³/mol. The van der Waals surface area contributed by atoms with Crippen molar-refractivity contribution in [3.05, 3.63) is 52.2 Å². The van der Waals surface area contributed by atoms with Crippen LogP contribution >= 0.6 is 11.3 Å². The van der Waals surface area contributed by atoms with Crippen molar-refractivity contribution in [1.29, 1.82) is 0 Å². The highest BCUT2D eigenvalue weighted by molar-refractivity contribution is 7.09. The Bertz CT molecular complexity index is 509. The minimum Gasteiger partial charge on any atom is -0.369 e. The summed E-state index contributed by atoms with van der Waals surface area (Å²) in [7, 11) is 2.14. The van der Waals surface area contributed by atoms with Crippen LogP contribution in [0.5, 0.6) is 0 Å². The molecule has 0 bridgehead atoms. The summed E-state index contributed by atoms with van der Waals surface area (Å²) in [6, 6.07) is 13.1. The fourth-order valence-corrected chi connectivity index (χ4v) is 2.72. The third-order valence-electron chi connectivity index (χ3n) is 3.17. The van der Waals surface area contributed by atoms with Gasteiger partial charge in [0.25, 0.3) is 0 Å². The molecule has 3 heteroatoms. The topological polar surface area (TPSA) is 15.3 Å². The molecule has 0 saturated heterocycles. The van der Waals surface area contributed by atoms with E-state index in [2.05, 4.69) is 79.8 Å². The normalized spacial score (nSPS) is 11.6. The number of hydrogen-bond acceptors (Lipinski definition) is 3. The molecule has 0 spiro atoms. The quantitative estimate of drug-likeness (QED) is 0.883. The molecular weight excluding hydrogens is 264 g/mol. The average molecular weight is 288 g/mol. The summed E-state index contributed by atoms with van der Waals surface area (Å²) >= 11 is 1.81. The molecule has 1 N–H and O–H groups in total. The van der Waals surface area contributed by atoms with Crippen LogP contribution in [0.25, 0.3) is 0 Å². The van der Waals surface area contributed by atoms with E-state index in [0.29, 0.717) is 0 Å². The van der Waals surface area contributed by atoms with E-state index < -0.39 is 0 Å². The summed E-state index contributed by atoms with van der Waals surface area (Å²) in [6.45, 7) is 8.46. The summed E-state index contributed by atoms with van der Waals surface area (Å²) in [5, 5.41) is 5.64. The molecule has 0 aliphatic heterocycles. The molecule has 2 aromatic rings. The molecule has 0 saturated carbocycles. The van der Waals surface area contributed by atoms with Gasteiger partial charge in [0.05, 0.1) is 6.54 Å². The molecule has 1 aromatic carbocycles. The average Bonchev–Trinajstić information content (AvgIpc) is 2.89. The summed E-state index contributed by atoms with van der Waals surface area (Å²) < 4.78 is 0. The fraction of sp³-hybridized carbons (Fsp3) is 0.412. The van der Waals surface area contributed by atoms with Gasteiger partial charge in [-0.3, -0.25) is 0 Å². The van der Waals surface area contributed by atoms with Crippen molar-refractivity contribution in [1.82, 2.24) is 5.32 Å². The first-order valence-electron chi connectivity index (χ1n) is 7.01. The lowest BCUT2D eigenvalue weighted by molar-refractivity contribution is 0.424. The second-order valence-electron chi connectivity index (χ2n) is 6.21. The molecule has 0 aliphatic rings. The zero-order valence-corrected chi connectivity index (χ0v) is 13.6. The molecule has 0 fully saturated rings. The Morgan fingerprint density at radius 1 is 1.10 bits per heavy atom. The molecule has 108 valence electrons. The number of nitrogens with one attached hydrogen (secondary N) is 1. The van der Waals surface area contributed by atoms with Gasteiger partial charge in [-0.05, 0) is 49.9 Å². The lowest BCUT2D eigenvalue weighted by Gasteiger charge is -2.21. The maximum atomic E-state index is 3.51. The molecule has 2 nitrogen and oxygen atoms in total. The number of benzene rings is 1. The van der Waals surface area contributed by atoms with Crippen molar-refractivity contribution in [2.75, 3.05) is 11.9 Å². The molecule has 2 rings (SSSR count). The second kappa shape index (κ2) is 6.42. The Morgan fingerprint density at radius 3 is 2.35 bits per heavy atom. The van der Waals surface area contributed by atoms with Crippen LogP contribution in [0.15, 0.2) is 41.8 Å². The van der Waals surface area contributed by atoms with Crippen LogP contribution in [-0.2, 0) is 13.1 Å². The van der Waals surface area contributed by atoms with Gasteiger partial charge in [-0.25, -0.2) is 0 Å². The number of nitrogens with zero attached hydrogens (tertiary/aromatic N) is 1. The molecule has 1 heterocycles. The number of anilines is 1. The van der Waals surface area contributed by atoms with E-state index in [-0.39, 0.29) is 5.54 Å². The smallest absolute Gasteiger partial charge is 0.0519 e. The van der Waals surface area contributed by atoms with E-state index in [1.165, 1.54) is 16.1 Å². The highest BCUT2D eigenvalue weighted by atomic mass is 32.1. The third kappa shape index (κ3) is 4.66. The lowest BCUT2D eigenvalue weighted by atomic mass is 10.1. The van der Waals surface area contributed by atoms with Gasteiger partial charge in [-0.1, -0.05) is 18.2 Å². The van der Waals surface area contributed by atoms with Gasteiger partial charge in [-0.2, -0.15) is 0 Å². The monoisotopic (exact) mass is 288 g/mol. The lowest BCUT2D eigenvalue weighted by Crippen LogP contribution is -2.35. The SMILES string of the molecule is CN(Cc1cccs1)c1ccc(CNC(C)(C)C)cc1. The summed E-state index contributed by atoms with van der Waals surface area (Å²) in [4.78, 5) is 3.68. The minimum absolute atomic E-state index is 0.161. The van der Waals surface area contributed by atoms with Crippen LogP contribution in [0.1, 0.15) is 31.2 Å². The van der Waals surface area contributed by atoms with E-state index in [0.717, 1.165) is 13.1 Å². The van der Waals surface area contributed by atoms with Crippen molar-refractivity contribution in [3.8, 4) is 0 Å². The second-order valence-corrected chi connectivity index (χ2v) is 7.24. The Kier molecular flexibility index (Phi) is 4.84. The van der Waals surface area contributed by atoms with Crippen molar-refractivity contribution in [3.63, 3.8) is 0 Å². The van der Waals surface area contributed by atoms with Gasteiger partial charge >= 0.3 is 0 Å². The first-order chi connectivity index (χ1) is 9.44. The van der Waals surface area contributed by atoms with Crippen molar-refractivity contribution >= 4 is 17.0 Å². The minimum atomic E-state index is 0.161. The molecule has 0 aliphatic carbocycles. The van der Waals surface area contributed by atoms with Crippen molar-refractivity contribution in [2.45, 2.75) is 39.4 Å². The van der Waals surface area contributed by atoms with Crippen LogP contribution in [-0.4, -0.2) is 12.6 Å². The Labute approximate surface area is 126 Å². The molecule has 0 radical (unpaired) electrons. The zero-order valence-electron chi connectivity index (χ0n) is 12.8. The molecule has 0 unspecified atom stereocenters. The maximum absolute atomic E-state index is 3.51. The first-order valence-corrected chi connectivity index (χ1v) is 7.89. The van der Waals surface area contributed by atoms with E-state index in [4.69, 9.17) is 0 Å². The summed E-state index contributed by atoms with van der Waals surface area (Å²) in [5.74, 6) is 0. The van der Waals surface area contributed by atoms with Crippen LogP contribution in [0.2, 0.25) is 0 Å². The van der Waals surface area contributed by atoms with Crippen LogP contribution in [0, 0.1) is 0 Å². The predicted octanol–water partition coefficient (Wildman–Crippen LogP) is 4.27. The molecule has 20 heavy (non-hydrogen) atoms. The zero-order chi connectivity index (χ0) is 14.6. The Morgan fingerprint density at radius 2 is 1.80 bits per heavy atom. The standard InChI is InChI=1S/C17H24N2S/c1-17(2,3)18-12-14-7-9-15(10-8-14)19(4)13-16-6-5-11-20-16/h5-11,18H,12-13H2,1-4H3. The van der Waals surface area contributed by atoms with Crippen LogP contribution in [0.4, 0.5) is 5.69 Å². The molecule has 0 amide bonds. The van der Waals surface area contributed by atoms with E-state index in [1.54, 1.807) is 0 Å². The van der Waals surface area contributed by atoms with E-state index in [1.807, 2.05) is 11.3 Å². The third-order valence-corrected chi connectivity index (χ3v) is 4.03. The van der Waals surface area contributed by atoms with Gasteiger partial charge in [0, 0.05) is 29.7 Å². The van der Waals surface area contributed by atoms with Gasteiger partial charge in [0.15, 0.2) is 0 Å². The fourth-order valence-electron chi connectivity index (χ4n) is 1.96. The highest BCUT2D eigenvalue weighted by Crippen LogP contribution is 2.19. The van der Waals surface area contributed by atoms with E-state index in [9.17, 15) is 0 Å². The van der Waals surface area contributed by atoms with Gasteiger partial charge in [0.2, 0.25) is 0 Å². The van der Waals surface area contributed by atoms with Crippen molar-refractivity contribution < 1.29 is 0 Å².